The minimum atomic E-state index is -0.762. The van der Waals surface area contributed by atoms with Gasteiger partial charge in [-0.25, -0.2) is 9.59 Å². The summed E-state index contributed by atoms with van der Waals surface area (Å²) in [6.07, 6.45) is -0.237. The number of carbonyl (C=O) groups is 2. The molecule has 0 heterocycles. The summed E-state index contributed by atoms with van der Waals surface area (Å²) in [6, 6.07) is -0.762. The summed E-state index contributed by atoms with van der Waals surface area (Å²) in [5.41, 5.74) is 0.0139. The topological polar surface area (TPSA) is 64.6 Å². The molecule has 0 aromatic carbocycles. The molecule has 5 heteroatoms. The first-order valence-corrected chi connectivity index (χ1v) is 6.62. The number of amides is 1. The van der Waals surface area contributed by atoms with Gasteiger partial charge in [0.25, 0.3) is 0 Å². The van der Waals surface area contributed by atoms with Crippen molar-refractivity contribution in [3.05, 3.63) is 12.2 Å². The average Bonchev–Trinajstić information content (AvgIpc) is 2.23. The Kier molecular flexibility index (Phi) is 6.26. The number of methoxy groups -OCH3 is 1. The Balaban J connectivity index is 4.88. The van der Waals surface area contributed by atoms with Crippen molar-refractivity contribution in [2.24, 2.45) is 5.41 Å². The van der Waals surface area contributed by atoms with Crippen LogP contribution in [0.1, 0.15) is 48.0 Å². The van der Waals surface area contributed by atoms with Crippen molar-refractivity contribution in [2.75, 3.05) is 7.11 Å². The fraction of sp³-hybridized carbons (Fsp3) is 0.733. The predicted octanol–water partition coefficient (Wildman–Crippen LogP) is 3.05. The minimum absolute atomic E-state index is 0.298. The zero-order valence-electron chi connectivity index (χ0n) is 13.6. The third-order valence-corrected chi connectivity index (χ3v) is 3.05. The second-order valence-corrected chi connectivity index (χ2v) is 6.59. The van der Waals surface area contributed by atoms with Gasteiger partial charge in [-0.3, -0.25) is 0 Å². The van der Waals surface area contributed by atoms with E-state index in [0.717, 1.165) is 5.57 Å². The zero-order chi connectivity index (χ0) is 16.1. The molecule has 0 aliphatic carbocycles. The highest BCUT2D eigenvalue weighted by atomic mass is 16.6. The van der Waals surface area contributed by atoms with Crippen LogP contribution in [0.4, 0.5) is 4.79 Å². The maximum Gasteiger partial charge on any atom is 0.408 e. The molecule has 1 amide bonds. The van der Waals surface area contributed by atoms with Gasteiger partial charge in [0.2, 0.25) is 0 Å². The molecule has 1 N–H and O–H groups in total. The molecule has 1 atom stereocenters. The molecule has 0 unspecified atom stereocenters. The zero-order valence-corrected chi connectivity index (χ0v) is 13.6. The molecule has 0 radical (unpaired) electrons. The third-order valence-electron chi connectivity index (χ3n) is 3.05. The monoisotopic (exact) mass is 285 g/mol. The molecule has 0 fully saturated rings. The fourth-order valence-corrected chi connectivity index (χ4v) is 1.47. The summed E-state index contributed by atoms with van der Waals surface area (Å²) in [7, 11) is 1.29. The lowest BCUT2D eigenvalue weighted by Gasteiger charge is -2.30. The van der Waals surface area contributed by atoms with Crippen LogP contribution in [0, 0.1) is 5.41 Å². The van der Waals surface area contributed by atoms with Gasteiger partial charge in [0.1, 0.15) is 11.6 Å². The lowest BCUT2D eigenvalue weighted by molar-refractivity contribution is -0.143. The van der Waals surface area contributed by atoms with E-state index in [2.05, 4.69) is 11.9 Å². The maximum absolute atomic E-state index is 11.8. The van der Waals surface area contributed by atoms with E-state index in [9.17, 15) is 9.59 Å². The molecule has 0 aliphatic heterocycles. The van der Waals surface area contributed by atoms with Gasteiger partial charge in [0.05, 0.1) is 7.11 Å². The Morgan fingerprint density at radius 3 is 2.05 bits per heavy atom. The highest BCUT2D eigenvalue weighted by Crippen LogP contribution is 2.30. The summed E-state index contributed by atoms with van der Waals surface area (Å²) in [6.45, 7) is 15.0. The maximum atomic E-state index is 11.8. The fourth-order valence-electron chi connectivity index (χ4n) is 1.47. The van der Waals surface area contributed by atoms with Crippen molar-refractivity contribution in [1.82, 2.24) is 5.32 Å². The van der Waals surface area contributed by atoms with Crippen molar-refractivity contribution in [3.63, 3.8) is 0 Å². The number of hydrogen-bond donors (Lipinski definition) is 1. The number of carbonyl (C=O) groups excluding carboxylic acids is 2. The van der Waals surface area contributed by atoms with Crippen LogP contribution in [0.5, 0.6) is 0 Å². The van der Waals surface area contributed by atoms with Crippen LogP contribution in [0.25, 0.3) is 0 Å². The lowest BCUT2D eigenvalue weighted by atomic mass is 9.80. The Labute approximate surface area is 121 Å². The molecule has 0 bridgehead atoms. The molecular formula is C15H27NO4. The molecule has 0 spiro atoms. The molecule has 116 valence electrons. The van der Waals surface area contributed by atoms with Gasteiger partial charge in [-0.15, -0.1) is 0 Å². The number of rotatable bonds is 5. The highest BCUT2D eigenvalue weighted by molar-refractivity contribution is 5.81. The normalized spacial score (nSPS) is 13.3. The summed E-state index contributed by atoms with van der Waals surface area (Å²) >= 11 is 0. The smallest absolute Gasteiger partial charge is 0.408 e. The number of esters is 1. The largest absolute Gasteiger partial charge is 0.467 e. The van der Waals surface area contributed by atoms with Crippen molar-refractivity contribution in [2.45, 2.75) is 59.6 Å². The van der Waals surface area contributed by atoms with E-state index in [1.807, 2.05) is 20.8 Å². The molecule has 0 aromatic rings. The average molecular weight is 285 g/mol. The first-order chi connectivity index (χ1) is 8.89. The predicted molar refractivity (Wildman–Crippen MR) is 78.4 cm³/mol. The van der Waals surface area contributed by atoms with Gasteiger partial charge in [-0.2, -0.15) is 0 Å². The Hall–Kier alpha value is -1.52. The molecule has 20 heavy (non-hydrogen) atoms. The molecule has 0 saturated carbocycles. The van der Waals surface area contributed by atoms with E-state index in [-0.39, 0.29) is 5.41 Å². The number of ether oxygens (including phenoxy) is 2. The molecule has 0 saturated heterocycles. The molecule has 0 rings (SSSR count). The van der Waals surface area contributed by atoms with Crippen molar-refractivity contribution in [1.29, 1.82) is 0 Å². The van der Waals surface area contributed by atoms with Crippen LogP contribution in [-0.2, 0) is 14.3 Å². The Bertz CT molecular complexity index is 380. The number of allylic oxidation sites excluding steroid dienone is 1. The summed E-state index contributed by atoms with van der Waals surface area (Å²) in [5, 5.41) is 2.56. The van der Waals surface area contributed by atoms with E-state index >= 15 is 0 Å². The number of alkyl carbamates (subject to hydrolysis) is 1. The lowest BCUT2D eigenvalue weighted by Crippen LogP contribution is -2.46. The van der Waals surface area contributed by atoms with Crippen LogP contribution >= 0.6 is 0 Å². The minimum Gasteiger partial charge on any atom is -0.467 e. The summed E-state index contributed by atoms with van der Waals surface area (Å²) in [4.78, 5) is 23.6. The van der Waals surface area contributed by atoms with Gasteiger partial charge in [-0.05, 0) is 39.5 Å². The van der Waals surface area contributed by atoms with E-state index in [1.54, 1.807) is 20.8 Å². The highest BCUT2D eigenvalue weighted by Gasteiger charge is 2.31. The van der Waals surface area contributed by atoms with Crippen LogP contribution in [0.15, 0.2) is 12.2 Å². The van der Waals surface area contributed by atoms with E-state index in [1.165, 1.54) is 7.11 Å². The Morgan fingerprint density at radius 2 is 1.70 bits per heavy atom. The van der Waals surface area contributed by atoms with Gasteiger partial charge in [-0.1, -0.05) is 26.0 Å². The quantitative estimate of drug-likeness (QED) is 0.623. The van der Waals surface area contributed by atoms with Crippen LogP contribution < -0.4 is 5.32 Å². The van der Waals surface area contributed by atoms with Crippen LogP contribution in [-0.4, -0.2) is 30.8 Å². The van der Waals surface area contributed by atoms with Crippen molar-refractivity contribution in [3.8, 4) is 0 Å². The summed E-state index contributed by atoms with van der Waals surface area (Å²) in [5.74, 6) is -0.495. The Morgan fingerprint density at radius 1 is 1.20 bits per heavy atom. The summed E-state index contributed by atoms with van der Waals surface area (Å²) < 4.78 is 9.89. The molecule has 0 aromatic heterocycles. The second-order valence-electron chi connectivity index (χ2n) is 6.59. The first-order valence-electron chi connectivity index (χ1n) is 6.62. The number of hydrogen-bond acceptors (Lipinski definition) is 4. The molecular weight excluding hydrogens is 258 g/mol. The van der Waals surface area contributed by atoms with Crippen molar-refractivity contribution >= 4 is 12.1 Å². The first kappa shape index (κ1) is 18.5. The second kappa shape index (κ2) is 6.77. The standard InChI is InChI=1S/C15H27NO4/c1-10(2)15(6,7)9-11(12(17)19-8)16-13(18)20-14(3,4)5/h11H,1,9H2,2-8H3,(H,16,18)/t11-/m1/s1. The van der Waals surface area contributed by atoms with Gasteiger partial charge < -0.3 is 14.8 Å². The van der Waals surface area contributed by atoms with Gasteiger partial charge in [0, 0.05) is 0 Å². The third kappa shape index (κ3) is 6.59. The molecule has 5 nitrogen and oxygen atoms in total. The van der Waals surface area contributed by atoms with Gasteiger partial charge >= 0.3 is 12.1 Å². The van der Waals surface area contributed by atoms with Gasteiger partial charge in [0.15, 0.2) is 0 Å². The number of nitrogens with one attached hydrogen (secondary N) is 1. The van der Waals surface area contributed by atoms with Crippen LogP contribution in [0.2, 0.25) is 0 Å². The van der Waals surface area contributed by atoms with Crippen molar-refractivity contribution < 1.29 is 19.1 Å². The SMILES string of the molecule is C=C(C)C(C)(C)C[C@@H](NC(=O)OC(C)(C)C)C(=O)OC. The van der Waals surface area contributed by atoms with E-state index in [0.29, 0.717) is 6.42 Å². The van der Waals surface area contributed by atoms with E-state index in [4.69, 9.17) is 9.47 Å². The van der Waals surface area contributed by atoms with Crippen LogP contribution in [0.3, 0.4) is 0 Å². The van der Waals surface area contributed by atoms with E-state index < -0.39 is 23.7 Å². The molecule has 0 aliphatic rings.